The quantitative estimate of drug-likeness (QED) is 0.703. The lowest BCUT2D eigenvalue weighted by molar-refractivity contribution is -0.149. The van der Waals surface area contributed by atoms with Crippen molar-refractivity contribution >= 4 is 23.5 Å². The van der Waals surface area contributed by atoms with Gasteiger partial charge in [-0.1, -0.05) is 32.4 Å². The molecule has 1 fully saturated rings. The predicted octanol–water partition coefficient (Wildman–Crippen LogP) is 2.14. The Morgan fingerprint density at radius 2 is 2.00 bits per heavy atom. The SMILES string of the molecule is CCOC(=O)[C@H](NC(=O)[C@H]1CC(=O)N(c2ccccc2OC)C1)[C@H](C)CC. The van der Waals surface area contributed by atoms with Crippen molar-refractivity contribution in [1.82, 2.24) is 5.32 Å². The Morgan fingerprint density at radius 3 is 2.63 bits per heavy atom. The van der Waals surface area contributed by atoms with Crippen molar-refractivity contribution in [1.29, 1.82) is 0 Å². The van der Waals surface area contributed by atoms with Crippen LogP contribution in [0.4, 0.5) is 5.69 Å². The number of nitrogens with zero attached hydrogens (tertiary/aromatic N) is 1. The topological polar surface area (TPSA) is 84.9 Å². The van der Waals surface area contributed by atoms with Crippen molar-refractivity contribution in [3.8, 4) is 5.75 Å². The summed E-state index contributed by atoms with van der Waals surface area (Å²) in [5.74, 6) is -0.893. The summed E-state index contributed by atoms with van der Waals surface area (Å²) >= 11 is 0. The van der Waals surface area contributed by atoms with Crippen molar-refractivity contribution in [2.75, 3.05) is 25.2 Å². The lowest BCUT2D eigenvalue weighted by atomic mass is 9.98. The third kappa shape index (κ3) is 4.78. The molecule has 0 aromatic heterocycles. The number of ether oxygens (including phenoxy) is 2. The number of methoxy groups -OCH3 is 1. The van der Waals surface area contributed by atoms with Crippen molar-refractivity contribution < 1.29 is 23.9 Å². The van der Waals surface area contributed by atoms with Crippen molar-refractivity contribution in [3.05, 3.63) is 24.3 Å². The highest BCUT2D eigenvalue weighted by Gasteiger charge is 2.38. The van der Waals surface area contributed by atoms with Gasteiger partial charge in [-0.2, -0.15) is 0 Å². The molecule has 2 amide bonds. The number of hydrogen-bond acceptors (Lipinski definition) is 5. The Labute approximate surface area is 160 Å². The molecule has 27 heavy (non-hydrogen) atoms. The molecule has 1 aliphatic heterocycles. The summed E-state index contributed by atoms with van der Waals surface area (Å²) in [5, 5.41) is 2.79. The summed E-state index contributed by atoms with van der Waals surface area (Å²) in [6, 6.07) is 6.49. The molecule has 1 N–H and O–H groups in total. The number of carbonyl (C=O) groups is 3. The molecular formula is C20H28N2O5. The van der Waals surface area contributed by atoms with Crippen LogP contribution < -0.4 is 15.0 Å². The third-order valence-electron chi connectivity index (χ3n) is 4.92. The first-order valence-corrected chi connectivity index (χ1v) is 9.33. The number of anilines is 1. The number of esters is 1. The lowest BCUT2D eigenvalue weighted by Gasteiger charge is -2.24. The molecule has 0 saturated carbocycles. The fraction of sp³-hybridized carbons (Fsp3) is 0.550. The molecule has 1 aromatic carbocycles. The number of rotatable bonds is 8. The molecule has 7 nitrogen and oxygen atoms in total. The van der Waals surface area contributed by atoms with Gasteiger partial charge in [0.25, 0.3) is 0 Å². The maximum absolute atomic E-state index is 12.7. The number of amides is 2. The van der Waals surface area contributed by atoms with E-state index in [-0.39, 0.29) is 37.3 Å². The van der Waals surface area contributed by atoms with Gasteiger partial charge in [-0.25, -0.2) is 4.79 Å². The van der Waals surface area contributed by atoms with Crippen LogP contribution in [0.2, 0.25) is 0 Å². The van der Waals surface area contributed by atoms with Crippen LogP contribution in [0.5, 0.6) is 5.75 Å². The minimum Gasteiger partial charge on any atom is -0.495 e. The van der Waals surface area contributed by atoms with Crippen LogP contribution in [-0.4, -0.2) is 44.1 Å². The molecule has 0 radical (unpaired) electrons. The Morgan fingerprint density at radius 1 is 1.30 bits per heavy atom. The normalized spacial score (nSPS) is 18.7. The maximum atomic E-state index is 12.7. The lowest BCUT2D eigenvalue weighted by Crippen LogP contribution is -2.48. The Balaban J connectivity index is 2.11. The smallest absolute Gasteiger partial charge is 0.328 e. The van der Waals surface area contributed by atoms with Gasteiger partial charge < -0.3 is 19.7 Å². The molecule has 1 aliphatic rings. The monoisotopic (exact) mass is 376 g/mol. The molecule has 1 heterocycles. The van der Waals surface area contributed by atoms with Gasteiger partial charge in [-0.05, 0) is 25.0 Å². The largest absolute Gasteiger partial charge is 0.495 e. The minimum absolute atomic E-state index is 0.0598. The van der Waals surface area contributed by atoms with Gasteiger partial charge >= 0.3 is 5.97 Å². The minimum atomic E-state index is -0.710. The van der Waals surface area contributed by atoms with E-state index >= 15 is 0 Å². The van der Waals surface area contributed by atoms with Crippen molar-refractivity contribution in [3.63, 3.8) is 0 Å². The molecule has 0 spiro atoms. The molecule has 7 heteroatoms. The zero-order valence-electron chi connectivity index (χ0n) is 16.4. The molecule has 148 valence electrons. The summed E-state index contributed by atoms with van der Waals surface area (Å²) in [6.45, 7) is 6.08. The van der Waals surface area contributed by atoms with Gasteiger partial charge in [0.15, 0.2) is 0 Å². The fourth-order valence-corrected chi connectivity index (χ4v) is 3.14. The number of carbonyl (C=O) groups excluding carboxylic acids is 3. The van der Waals surface area contributed by atoms with Gasteiger partial charge in [0.2, 0.25) is 11.8 Å². The average Bonchev–Trinajstić information content (AvgIpc) is 3.07. The van der Waals surface area contributed by atoms with E-state index in [9.17, 15) is 14.4 Å². The van der Waals surface area contributed by atoms with Gasteiger partial charge in [-0.15, -0.1) is 0 Å². The Hall–Kier alpha value is -2.57. The van der Waals surface area contributed by atoms with Crippen molar-refractivity contribution in [2.24, 2.45) is 11.8 Å². The van der Waals surface area contributed by atoms with Gasteiger partial charge in [-0.3, -0.25) is 9.59 Å². The third-order valence-corrected chi connectivity index (χ3v) is 4.92. The average molecular weight is 376 g/mol. The Bertz CT molecular complexity index is 691. The molecule has 1 aromatic rings. The first-order chi connectivity index (χ1) is 12.9. The molecule has 3 atom stereocenters. The van der Waals surface area contributed by atoms with Gasteiger partial charge in [0.1, 0.15) is 11.8 Å². The zero-order chi connectivity index (χ0) is 20.0. The molecule has 0 aliphatic carbocycles. The van der Waals surface area contributed by atoms with E-state index in [1.54, 1.807) is 31.1 Å². The molecule has 2 rings (SSSR count). The first kappa shape index (κ1) is 20.7. The fourth-order valence-electron chi connectivity index (χ4n) is 3.14. The van der Waals surface area contributed by atoms with Gasteiger partial charge in [0.05, 0.1) is 25.3 Å². The van der Waals surface area contributed by atoms with Crippen LogP contribution in [0.3, 0.4) is 0 Å². The summed E-state index contributed by atoms with van der Waals surface area (Å²) in [4.78, 5) is 39.0. The van der Waals surface area contributed by atoms with E-state index < -0.39 is 17.9 Å². The van der Waals surface area contributed by atoms with E-state index in [4.69, 9.17) is 9.47 Å². The summed E-state index contributed by atoms with van der Waals surface area (Å²) in [7, 11) is 1.54. The van der Waals surface area contributed by atoms with E-state index in [0.29, 0.717) is 11.4 Å². The number of hydrogen-bond donors (Lipinski definition) is 1. The van der Waals surface area contributed by atoms with E-state index in [1.165, 1.54) is 0 Å². The second-order valence-corrected chi connectivity index (χ2v) is 6.70. The van der Waals surface area contributed by atoms with Crippen LogP contribution in [0.15, 0.2) is 24.3 Å². The van der Waals surface area contributed by atoms with Crippen LogP contribution in [0, 0.1) is 11.8 Å². The van der Waals surface area contributed by atoms with E-state index in [1.807, 2.05) is 26.0 Å². The number of para-hydroxylation sites is 2. The number of benzene rings is 1. The highest BCUT2D eigenvalue weighted by molar-refractivity contribution is 6.01. The summed E-state index contributed by atoms with van der Waals surface area (Å²) in [5.41, 5.74) is 0.643. The van der Waals surface area contributed by atoms with Gasteiger partial charge in [0, 0.05) is 13.0 Å². The highest BCUT2D eigenvalue weighted by Crippen LogP contribution is 2.32. The number of nitrogens with one attached hydrogen (secondary N) is 1. The van der Waals surface area contributed by atoms with E-state index in [0.717, 1.165) is 6.42 Å². The predicted molar refractivity (Wildman–Crippen MR) is 101 cm³/mol. The first-order valence-electron chi connectivity index (χ1n) is 9.33. The maximum Gasteiger partial charge on any atom is 0.328 e. The molecular weight excluding hydrogens is 348 g/mol. The highest BCUT2D eigenvalue weighted by atomic mass is 16.5. The van der Waals surface area contributed by atoms with Crippen LogP contribution in [0.1, 0.15) is 33.6 Å². The molecule has 1 saturated heterocycles. The summed E-state index contributed by atoms with van der Waals surface area (Å²) < 4.78 is 10.4. The van der Waals surface area contributed by atoms with Crippen molar-refractivity contribution in [2.45, 2.75) is 39.7 Å². The van der Waals surface area contributed by atoms with Crippen LogP contribution in [0.25, 0.3) is 0 Å². The standard InChI is InChI=1S/C20H28N2O5/c1-5-13(3)18(20(25)27-6-2)21-19(24)14-11-17(23)22(12-14)15-9-7-8-10-16(15)26-4/h7-10,13-14,18H,5-6,11-12H2,1-4H3,(H,21,24)/t13-,14+,18-/m1/s1. The summed E-state index contributed by atoms with van der Waals surface area (Å²) in [6.07, 6.45) is 0.820. The molecule has 0 bridgehead atoms. The van der Waals surface area contributed by atoms with Crippen LogP contribution >= 0.6 is 0 Å². The second-order valence-electron chi connectivity index (χ2n) is 6.70. The van der Waals surface area contributed by atoms with Crippen LogP contribution in [-0.2, 0) is 19.1 Å². The molecule has 0 unspecified atom stereocenters. The Kier molecular flexibility index (Phi) is 7.21. The zero-order valence-corrected chi connectivity index (χ0v) is 16.4. The second kappa shape index (κ2) is 9.39. The van der Waals surface area contributed by atoms with E-state index in [2.05, 4.69) is 5.32 Å².